The minimum atomic E-state index is -3.58. The van der Waals surface area contributed by atoms with E-state index in [1.807, 2.05) is 0 Å². The first kappa shape index (κ1) is 20.6. The van der Waals surface area contributed by atoms with E-state index < -0.39 is 10.0 Å². The number of furan rings is 1. The van der Waals surface area contributed by atoms with Crippen LogP contribution in [0.2, 0.25) is 0 Å². The van der Waals surface area contributed by atoms with Crippen LogP contribution in [0.4, 0.5) is 5.69 Å². The normalized spacial score (nSPS) is 13.7. The number of sulfonamides is 1. The molecule has 6 nitrogen and oxygen atoms in total. The maximum absolute atomic E-state index is 12.7. The molecule has 0 unspecified atom stereocenters. The molecule has 1 aliphatic rings. The van der Waals surface area contributed by atoms with Gasteiger partial charge in [0, 0.05) is 29.7 Å². The third-order valence-electron chi connectivity index (χ3n) is 5.68. The molecule has 0 atom stereocenters. The predicted octanol–water partition coefficient (Wildman–Crippen LogP) is 4.13. The average Bonchev–Trinajstić information content (AvgIpc) is 3.33. The maximum atomic E-state index is 12.7. The minimum absolute atomic E-state index is 0.165. The van der Waals surface area contributed by atoms with Crippen LogP contribution in [0.25, 0.3) is 11.0 Å². The maximum Gasteiger partial charge on any atom is 0.243 e. The molecule has 0 aliphatic heterocycles. The second-order valence-corrected chi connectivity index (χ2v) is 9.51. The summed E-state index contributed by atoms with van der Waals surface area (Å²) in [6.07, 6.45) is 5.11. The first-order chi connectivity index (χ1) is 14.4. The highest BCUT2D eigenvalue weighted by Gasteiger charge is 2.22. The van der Waals surface area contributed by atoms with E-state index in [4.69, 9.17) is 4.42 Å². The standard InChI is InChI=1S/C23H26N2O4S/c1-3-25(4-2)30(27,28)20-10-6-9-19(14-20)24-23(26)13-18-15-29-22-12-17-8-5-7-16(17)11-21(18)22/h6,9-12,14-15H,3-5,7-8,13H2,1-2H3,(H,24,26). The molecule has 1 amide bonds. The number of amides is 1. The fraction of sp³-hybridized carbons (Fsp3) is 0.348. The number of anilines is 1. The van der Waals surface area contributed by atoms with Crippen LogP contribution < -0.4 is 5.32 Å². The zero-order valence-electron chi connectivity index (χ0n) is 17.3. The molecular weight excluding hydrogens is 400 g/mol. The van der Waals surface area contributed by atoms with Gasteiger partial charge in [-0.1, -0.05) is 19.9 Å². The summed E-state index contributed by atoms with van der Waals surface area (Å²) >= 11 is 0. The highest BCUT2D eigenvalue weighted by molar-refractivity contribution is 7.89. The number of carbonyl (C=O) groups excluding carboxylic acids is 1. The third kappa shape index (κ3) is 3.87. The Morgan fingerprint density at radius 2 is 1.83 bits per heavy atom. The SMILES string of the molecule is CCN(CC)S(=O)(=O)c1cccc(NC(=O)Cc2coc3cc4c(cc23)CCC4)c1. The van der Waals surface area contributed by atoms with Gasteiger partial charge in [-0.3, -0.25) is 4.79 Å². The molecule has 1 N–H and O–H groups in total. The first-order valence-corrected chi connectivity index (χ1v) is 11.8. The average molecular weight is 427 g/mol. The number of rotatable bonds is 7. The quantitative estimate of drug-likeness (QED) is 0.616. The van der Waals surface area contributed by atoms with E-state index in [1.54, 1.807) is 38.3 Å². The topological polar surface area (TPSA) is 79.6 Å². The second-order valence-electron chi connectivity index (χ2n) is 7.57. The minimum Gasteiger partial charge on any atom is -0.464 e. The molecule has 0 bridgehead atoms. The second kappa shape index (κ2) is 8.24. The van der Waals surface area contributed by atoms with Crippen molar-refractivity contribution in [1.29, 1.82) is 0 Å². The van der Waals surface area contributed by atoms with Crippen LogP contribution >= 0.6 is 0 Å². The Bertz CT molecular complexity index is 1190. The molecule has 158 valence electrons. The van der Waals surface area contributed by atoms with E-state index in [2.05, 4.69) is 17.4 Å². The number of fused-ring (bicyclic) bond motifs is 2. The molecule has 7 heteroatoms. The van der Waals surface area contributed by atoms with Crippen molar-refractivity contribution < 1.29 is 17.6 Å². The number of nitrogens with zero attached hydrogens (tertiary/aromatic N) is 1. The van der Waals surface area contributed by atoms with Gasteiger partial charge in [-0.15, -0.1) is 0 Å². The van der Waals surface area contributed by atoms with Gasteiger partial charge in [-0.25, -0.2) is 8.42 Å². The monoisotopic (exact) mass is 426 g/mol. The lowest BCUT2D eigenvalue weighted by atomic mass is 10.0. The van der Waals surface area contributed by atoms with Crippen molar-refractivity contribution in [3.63, 3.8) is 0 Å². The van der Waals surface area contributed by atoms with Gasteiger partial charge in [0.05, 0.1) is 17.6 Å². The van der Waals surface area contributed by atoms with Crippen molar-refractivity contribution in [1.82, 2.24) is 4.31 Å². The van der Waals surface area contributed by atoms with E-state index in [1.165, 1.54) is 21.5 Å². The van der Waals surface area contributed by atoms with Crippen molar-refractivity contribution in [3.05, 3.63) is 59.4 Å². The number of nitrogens with one attached hydrogen (secondary N) is 1. The molecule has 1 heterocycles. The number of hydrogen-bond donors (Lipinski definition) is 1. The molecule has 30 heavy (non-hydrogen) atoms. The molecular formula is C23H26N2O4S. The first-order valence-electron chi connectivity index (χ1n) is 10.3. The summed E-state index contributed by atoms with van der Waals surface area (Å²) in [5.74, 6) is -0.212. The lowest BCUT2D eigenvalue weighted by Gasteiger charge is -2.18. The molecule has 1 aliphatic carbocycles. The number of hydrogen-bond acceptors (Lipinski definition) is 4. The highest BCUT2D eigenvalue weighted by Crippen LogP contribution is 2.30. The van der Waals surface area contributed by atoms with Crippen molar-refractivity contribution in [3.8, 4) is 0 Å². The Morgan fingerprint density at radius 3 is 2.57 bits per heavy atom. The Hall–Kier alpha value is -2.64. The van der Waals surface area contributed by atoms with E-state index in [9.17, 15) is 13.2 Å². The van der Waals surface area contributed by atoms with Crippen LogP contribution in [-0.4, -0.2) is 31.7 Å². The van der Waals surface area contributed by atoms with Crippen LogP contribution in [0.3, 0.4) is 0 Å². The van der Waals surface area contributed by atoms with Gasteiger partial charge in [0.15, 0.2) is 0 Å². The van der Waals surface area contributed by atoms with Gasteiger partial charge in [0.25, 0.3) is 0 Å². The van der Waals surface area contributed by atoms with Crippen molar-refractivity contribution >= 4 is 32.6 Å². The van der Waals surface area contributed by atoms with Crippen molar-refractivity contribution in [2.45, 2.75) is 44.4 Å². The summed E-state index contributed by atoms with van der Waals surface area (Å²) in [5, 5.41) is 3.80. The van der Waals surface area contributed by atoms with E-state index in [-0.39, 0.29) is 17.2 Å². The van der Waals surface area contributed by atoms with E-state index >= 15 is 0 Å². The Balaban J connectivity index is 1.52. The number of benzene rings is 2. The molecule has 0 radical (unpaired) electrons. The van der Waals surface area contributed by atoms with Crippen LogP contribution in [-0.2, 0) is 34.1 Å². The molecule has 1 aromatic heterocycles. The smallest absolute Gasteiger partial charge is 0.243 e. The zero-order valence-corrected chi connectivity index (χ0v) is 18.1. The van der Waals surface area contributed by atoms with Crippen molar-refractivity contribution in [2.75, 3.05) is 18.4 Å². The van der Waals surface area contributed by atoms with E-state index in [0.29, 0.717) is 18.8 Å². The van der Waals surface area contributed by atoms with E-state index in [0.717, 1.165) is 35.8 Å². The third-order valence-corrected chi connectivity index (χ3v) is 7.73. The Kier molecular flexibility index (Phi) is 5.66. The fourth-order valence-electron chi connectivity index (χ4n) is 4.11. The predicted molar refractivity (Wildman–Crippen MR) is 117 cm³/mol. The van der Waals surface area contributed by atoms with Gasteiger partial charge >= 0.3 is 0 Å². The summed E-state index contributed by atoms with van der Waals surface area (Å²) < 4.78 is 32.5. The number of carbonyl (C=O) groups is 1. The lowest BCUT2D eigenvalue weighted by molar-refractivity contribution is -0.115. The van der Waals surface area contributed by atoms with Gasteiger partial charge in [0.2, 0.25) is 15.9 Å². The highest BCUT2D eigenvalue weighted by atomic mass is 32.2. The summed E-state index contributed by atoms with van der Waals surface area (Å²) in [7, 11) is -3.58. The van der Waals surface area contributed by atoms with Gasteiger partial charge in [0.1, 0.15) is 5.58 Å². The molecule has 0 fully saturated rings. The largest absolute Gasteiger partial charge is 0.464 e. The summed E-state index contributed by atoms with van der Waals surface area (Å²) in [6.45, 7) is 4.40. The van der Waals surface area contributed by atoms with Crippen LogP contribution in [0.15, 0.2) is 52.0 Å². The Labute approximate surface area is 176 Å². The zero-order chi connectivity index (χ0) is 21.3. The molecule has 4 rings (SSSR count). The fourth-order valence-corrected chi connectivity index (χ4v) is 5.61. The summed E-state index contributed by atoms with van der Waals surface area (Å²) in [4.78, 5) is 12.8. The van der Waals surface area contributed by atoms with Crippen LogP contribution in [0, 0.1) is 0 Å². The molecule has 0 saturated heterocycles. The van der Waals surface area contributed by atoms with Gasteiger partial charge in [-0.05, 0) is 60.7 Å². The van der Waals surface area contributed by atoms with Gasteiger partial charge < -0.3 is 9.73 Å². The molecule has 0 saturated carbocycles. The van der Waals surface area contributed by atoms with Crippen LogP contribution in [0.5, 0.6) is 0 Å². The summed E-state index contributed by atoms with van der Waals surface area (Å²) in [6, 6.07) is 10.6. The van der Waals surface area contributed by atoms with Crippen molar-refractivity contribution in [2.24, 2.45) is 0 Å². The molecule has 0 spiro atoms. The van der Waals surface area contributed by atoms with Crippen LogP contribution in [0.1, 0.15) is 37.0 Å². The van der Waals surface area contributed by atoms with Gasteiger partial charge in [-0.2, -0.15) is 4.31 Å². The molecule has 2 aromatic carbocycles. The summed E-state index contributed by atoms with van der Waals surface area (Å²) in [5.41, 5.74) is 4.77. The Morgan fingerprint density at radius 1 is 1.10 bits per heavy atom. The number of aryl methyl sites for hydroxylation is 2. The molecule has 3 aromatic rings. The lowest BCUT2D eigenvalue weighted by Crippen LogP contribution is -2.30.